The summed E-state index contributed by atoms with van der Waals surface area (Å²) in [6.45, 7) is 13.1. The third-order valence-electron chi connectivity index (χ3n) is 5.48. The lowest BCUT2D eigenvalue weighted by molar-refractivity contribution is 0.122. The number of hydrogen-bond acceptors (Lipinski definition) is 5. The lowest BCUT2D eigenvalue weighted by atomic mass is 10.1. The van der Waals surface area contributed by atoms with Gasteiger partial charge in [-0.15, -0.1) is 0 Å². The molecule has 1 aliphatic rings. The predicted octanol–water partition coefficient (Wildman–Crippen LogP) is 1.95. The van der Waals surface area contributed by atoms with Gasteiger partial charge in [0.2, 0.25) is 0 Å². The van der Waals surface area contributed by atoms with Crippen LogP contribution < -0.4 is 15.5 Å². The summed E-state index contributed by atoms with van der Waals surface area (Å²) in [6.07, 6.45) is 2.75. The average molecular weight is 414 g/mol. The van der Waals surface area contributed by atoms with E-state index in [0.29, 0.717) is 6.54 Å². The van der Waals surface area contributed by atoms with Crippen molar-refractivity contribution in [2.75, 3.05) is 37.7 Å². The number of aryl methyl sites for hydroxylation is 2. The first-order valence-corrected chi connectivity index (χ1v) is 10.8. The van der Waals surface area contributed by atoms with Crippen molar-refractivity contribution in [1.82, 2.24) is 25.4 Å². The van der Waals surface area contributed by atoms with E-state index >= 15 is 0 Å². The SMILES string of the molecule is CCNC(=NCc1cccnc1N1CCOCC1)NC(C)Cc1c(C)nn(C)c1C. The minimum Gasteiger partial charge on any atom is -0.378 e. The Kier molecular flexibility index (Phi) is 7.68. The van der Waals surface area contributed by atoms with Gasteiger partial charge in [0.15, 0.2) is 5.96 Å². The predicted molar refractivity (Wildman–Crippen MR) is 121 cm³/mol. The number of anilines is 1. The van der Waals surface area contributed by atoms with Crippen LogP contribution in [0.5, 0.6) is 0 Å². The Labute approximate surface area is 179 Å². The van der Waals surface area contributed by atoms with Gasteiger partial charge in [-0.3, -0.25) is 4.68 Å². The molecule has 1 atom stereocenters. The second-order valence-corrected chi connectivity index (χ2v) is 7.80. The van der Waals surface area contributed by atoms with Gasteiger partial charge in [0.05, 0.1) is 25.5 Å². The third kappa shape index (κ3) is 5.50. The van der Waals surface area contributed by atoms with Crippen LogP contribution in [0.25, 0.3) is 0 Å². The topological polar surface area (TPSA) is 79.6 Å². The summed E-state index contributed by atoms with van der Waals surface area (Å²) in [7, 11) is 2.00. The van der Waals surface area contributed by atoms with Crippen LogP contribution in [0.3, 0.4) is 0 Å². The molecule has 30 heavy (non-hydrogen) atoms. The number of nitrogens with one attached hydrogen (secondary N) is 2. The second kappa shape index (κ2) is 10.4. The van der Waals surface area contributed by atoms with E-state index in [1.165, 1.54) is 11.3 Å². The van der Waals surface area contributed by atoms with Crippen molar-refractivity contribution in [1.29, 1.82) is 0 Å². The number of rotatable bonds is 7. The van der Waals surface area contributed by atoms with Gasteiger partial charge in [0.25, 0.3) is 0 Å². The molecule has 3 rings (SSSR count). The number of pyridine rings is 1. The van der Waals surface area contributed by atoms with Crippen LogP contribution in [0.2, 0.25) is 0 Å². The second-order valence-electron chi connectivity index (χ2n) is 7.80. The van der Waals surface area contributed by atoms with Gasteiger partial charge in [-0.1, -0.05) is 6.07 Å². The molecule has 1 unspecified atom stereocenters. The molecule has 0 radical (unpaired) electrons. The number of aliphatic imine (C=N–C) groups is 1. The van der Waals surface area contributed by atoms with Gasteiger partial charge in [-0.05, 0) is 45.7 Å². The first kappa shape index (κ1) is 22.1. The van der Waals surface area contributed by atoms with Crippen molar-refractivity contribution in [2.45, 2.75) is 46.7 Å². The van der Waals surface area contributed by atoms with E-state index in [9.17, 15) is 0 Å². The van der Waals surface area contributed by atoms with Crippen molar-refractivity contribution in [2.24, 2.45) is 12.0 Å². The molecule has 1 aliphatic heterocycles. The molecule has 164 valence electrons. The smallest absolute Gasteiger partial charge is 0.191 e. The van der Waals surface area contributed by atoms with Crippen LogP contribution >= 0.6 is 0 Å². The van der Waals surface area contributed by atoms with E-state index in [2.05, 4.69) is 59.4 Å². The number of aromatic nitrogens is 3. The first-order chi connectivity index (χ1) is 14.5. The lowest BCUT2D eigenvalue weighted by Crippen LogP contribution is -2.43. The Balaban J connectivity index is 1.69. The van der Waals surface area contributed by atoms with Gasteiger partial charge < -0.3 is 20.3 Å². The molecule has 8 heteroatoms. The van der Waals surface area contributed by atoms with E-state index in [0.717, 1.165) is 62.3 Å². The summed E-state index contributed by atoms with van der Waals surface area (Å²) in [5.74, 6) is 1.83. The van der Waals surface area contributed by atoms with Crippen LogP contribution in [-0.4, -0.2) is 59.6 Å². The highest BCUT2D eigenvalue weighted by Gasteiger charge is 2.17. The van der Waals surface area contributed by atoms with E-state index in [4.69, 9.17) is 9.73 Å². The summed E-state index contributed by atoms with van der Waals surface area (Å²) in [5, 5.41) is 11.4. The zero-order chi connectivity index (χ0) is 21.5. The molecule has 0 amide bonds. The molecule has 2 aromatic heterocycles. The molecule has 3 heterocycles. The van der Waals surface area contributed by atoms with E-state index in [-0.39, 0.29) is 6.04 Å². The molecule has 0 bridgehead atoms. The molecule has 2 N–H and O–H groups in total. The maximum Gasteiger partial charge on any atom is 0.191 e. The quantitative estimate of drug-likeness (QED) is 0.534. The highest BCUT2D eigenvalue weighted by molar-refractivity contribution is 5.80. The van der Waals surface area contributed by atoms with Gasteiger partial charge >= 0.3 is 0 Å². The van der Waals surface area contributed by atoms with E-state index < -0.39 is 0 Å². The summed E-state index contributed by atoms with van der Waals surface area (Å²) in [4.78, 5) is 11.7. The van der Waals surface area contributed by atoms with Crippen molar-refractivity contribution in [3.8, 4) is 0 Å². The van der Waals surface area contributed by atoms with Crippen molar-refractivity contribution >= 4 is 11.8 Å². The number of ether oxygens (including phenoxy) is 1. The summed E-state index contributed by atoms with van der Waals surface area (Å²) in [5.41, 5.74) is 4.74. The van der Waals surface area contributed by atoms with Crippen LogP contribution in [0.4, 0.5) is 5.82 Å². The largest absolute Gasteiger partial charge is 0.378 e. The van der Waals surface area contributed by atoms with E-state index in [1.807, 2.05) is 24.0 Å². The van der Waals surface area contributed by atoms with Crippen molar-refractivity contribution in [3.63, 3.8) is 0 Å². The van der Waals surface area contributed by atoms with Crippen LogP contribution in [0.1, 0.15) is 36.4 Å². The van der Waals surface area contributed by atoms with Crippen molar-refractivity contribution in [3.05, 3.63) is 40.8 Å². The van der Waals surface area contributed by atoms with Gasteiger partial charge in [-0.2, -0.15) is 5.10 Å². The molecule has 2 aromatic rings. The normalized spacial score (nSPS) is 15.9. The Bertz CT molecular complexity index is 855. The molecule has 8 nitrogen and oxygen atoms in total. The Hall–Kier alpha value is -2.61. The Morgan fingerprint density at radius 1 is 1.30 bits per heavy atom. The highest BCUT2D eigenvalue weighted by atomic mass is 16.5. The number of guanidine groups is 1. The highest BCUT2D eigenvalue weighted by Crippen LogP contribution is 2.19. The fourth-order valence-electron chi connectivity index (χ4n) is 3.80. The fourth-order valence-corrected chi connectivity index (χ4v) is 3.80. The molecule has 0 spiro atoms. The lowest BCUT2D eigenvalue weighted by Gasteiger charge is -2.29. The molecule has 0 saturated carbocycles. The van der Waals surface area contributed by atoms with Gasteiger partial charge in [0, 0.05) is 50.2 Å². The molecule has 0 aromatic carbocycles. The summed E-state index contributed by atoms with van der Waals surface area (Å²) < 4.78 is 7.43. The first-order valence-electron chi connectivity index (χ1n) is 10.8. The van der Waals surface area contributed by atoms with Gasteiger partial charge in [-0.25, -0.2) is 9.98 Å². The standard InChI is InChI=1S/C22H35N7O/c1-6-23-22(26-16(2)14-20-17(3)27-28(5)18(20)4)25-15-19-8-7-9-24-21(19)29-10-12-30-13-11-29/h7-9,16H,6,10-15H2,1-5H3,(H2,23,25,26). The molecule has 1 fully saturated rings. The number of nitrogens with zero attached hydrogens (tertiary/aromatic N) is 5. The monoisotopic (exact) mass is 413 g/mol. The maximum atomic E-state index is 5.48. The van der Waals surface area contributed by atoms with Crippen LogP contribution in [0.15, 0.2) is 23.3 Å². The average Bonchev–Trinajstić information content (AvgIpc) is 2.99. The zero-order valence-electron chi connectivity index (χ0n) is 18.9. The summed E-state index contributed by atoms with van der Waals surface area (Å²) in [6, 6.07) is 4.32. The van der Waals surface area contributed by atoms with Crippen LogP contribution in [-0.2, 0) is 24.8 Å². The maximum absolute atomic E-state index is 5.48. The van der Waals surface area contributed by atoms with Gasteiger partial charge in [0.1, 0.15) is 5.82 Å². The molecular formula is C22H35N7O. The third-order valence-corrected chi connectivity index (χ3v) is 5.48. The number of morpholine rings is 1. The minimum atomic E-state index is 0.233. The fraction of sp³-hybridized carbons (Fsp3) is 0.591. The Morgan fingerprint density at radius 2 is 2.07 bits per heavy atom. The van der Waals surface area contributed by atoms with Crippen molar-refractivity contribution < 1.29 is 4.74 Å². The molecule has 0 aliphatic carbocycles. The molecular weight excluding hydrogens is 378 g/mol. The zero-order valence-corrected chi connectivity index (χ0v) is 18.9. The van der Waals surface area contributed by atoms with Crippen LogP contribution in [0, 0.1) is 13.8 Å². The minimum absolute atomic E-state index is 0.233. The molecule has 1 saturated heterocycles. The Morgan fingerprint density at radius 3 is 2.73 bits per heavy atom. The number of hydrogen-bond donors (Lipinski definition) is 2. The van der Waals surface area contributed by atoms with E-state index in [1.54, 1.807) is 0 Å². The summed E-state index contributed by atoms with van der Waals surface area (Å²) >= 11 is 0.